The Balaban J connectivity index is 2.59. The fourth-order valence-electron chi connectivity index (χ4n) is 2.37. The molecule has 1 aliphatic carbocycles. The minimum absolute atomic E-state index is 0.264. The van der Waals surface area contributed by atoms with Gasteiger partial charge in [0.2, 0.25) is 0 Å². The Labute approximate surface area is 107 Å². The molecule has 0 aromatic heterocycles. The van der Waals surface area contributed by atoms with E-state index in [1.165, 1.54) is 0 Å². The van der Waals surface area contributed by atoms with Crippen molar-refractivity contribution in [3.05, 3.63) is 0 Å². The second-order valence-electron chi connectivity index (χ2n) is 5.54. The molecule has 1 saturated carbocycles. The zero-order chi connectivity index (χ0) is 13.6. The molecule has 1 N–H and O–H groups in total. The van der Waals surface area contributed by atoms with E-state index >= 15 is 0 Å². The summed E-state index contributed by atoms with van der Waals surface area (Å²) in [6, 6.07) is 0.264. The Kier molecular flexibility index (Phi) is 5.92. The van der Waals surface area contributed by atoms with Gasteiger partial charge in [-0.2, -0.15) is 13.2 Å². The lowest BCUT2D eigenvalue weighted by Crippen LogP contribution is -2.46. The third kappa shape index (κ3) is 6.05. The fourth-order valence-corrected chi connectivity index (χ4v) is 2.37. The van der Waals surface area contributed by atoms with E-state index in [0.717, 1.165) is 38.5 Å². The first-order chi connectivity index (χ1) is 8.33. The monoisotopic (exact) mass is 267 g/mol. The normalized spacial score (nSPS) is 21.0. The van der Waals surface area contributed by atoms with Crippen molar-refractivity contribution in [2.45, 2.75) is 70.2 Å². The second-order valence-corrected chi connectivity index (χ2v) is 5.54. The van der Waals surface area contributed by atoms with Gasteiger partial charge in [-0.25, -0.2) is 0 Å². The highest BCUT2D eigenvalue weighted by atomic mass is 19.4. The van der Waals surface area contributed by atoms with Crippen LogP contribution in [0, 0.1) is 0 Å². The average Bonchev–Trinajstić information content (AvgIpc) is 2.49. The van der Waals surface area contributed by atoms with Crippen LogP contribution in [0.2, 0.25) is 0 Å². The average molecular weight is 267 g/mol. The molecule has 0 bridgehead atoms. The van der Waals surface area contributed by atoms with Crippen LogP contribution in [0.3, 0.4) is 0 Å². The van der Waals surface area contributed by atoms with Crippen LogP contribution in [0.15, 0.2) is 0 Å². The highest BCUT2D eigenvalue weighted by Gasteiger charge is 2.37. The van der Waals surface area contributed by atoms with E-state index in [1.807, 2.05) is 13.8 Å². The molecule has 0 aromatic rings. The number of alkyl halides is 3. The van der Waals surface area contributed by atoms with Crippen LogP contribution in [-0.2, 0) is 4.74 Å². The molecule has 2 nitrogen and oxygen atoms in total. The first-order valence-corrected chi connectivity index (χ1v) is 6.77. The third-order valence-corrected chi connectivity index (χ3v) is 3.39. The molecule has 0 aromatic carbocycles. The minimum Gasteiger partial charge on any atom is -0.364 e. The molecule has 0 saturated heterocycles. The topological polar surface area (TPSA) is 21.3 Å². The predicted octanol–water partition coefficient (Wildman–Crippen LogP) is 3.66. The van der Waals surface area contributed by atoms with Crippen LogP contribution >= 0.6 is 0 Å². The molecular formula is C13H24F3NO. The molecule has 0 spiro atoms. The maximum Gasteiger partial charge on any atom is 0.411 e. The van der Waals surface area contributed by atoms with Crippen molar-refractivity contribution in [2.75, 3.05) is 13.2 Å². The van der Waals surface area contributed by atoms with Crippen molar-refractivity contribution in [1.82, 2.24) is 5.32 Å². The summed E-state index contributed by atoms with van der Waals surface area (Å²) in [7, 11) is 0. The number of hydrogen-bond donors (Lipinski definition) is 1. The Morgan fingerprint density at radius 3 is 2.11 bits per heavy atom. The first-order valence-electron chi connectivity index (χ1n) is 6.77. The Morgan fingerprint density at radius 2 is 1.67 bits per heavy atom. The number of halogens is 3. The number of ether oxygens (including phenoxy) is 1. The highest BCUT2D eigenvalue weighted by molar-refractivity contribution is 4.86. The molecule has 108 valence electrons. The second kappa shape index (κ2) is 6.75. The molecule has 1 rings (SSSR count). The van der Waals surface area contributed by atoms with Gasteiger partial charge in [0.25, 0.3) is 0 Å². The number of nitrogens with one attached hydrogen (secondary N) is 1. The first kappa shape index (κ1) is 15.8. The van der Waals surface area contributed by atoms with Crippen molar-refractivity contribution in [2.24, 2.45) is 0 Å². The van der Waals surface area contributed by atoms with Gasteiger partial charge in [0, 0.05) is 12.6 Å². The largest absolute Gasteiger partial charge is 0.411 e. The summed E-state index contributed by atoms with van der Waals surface area (Å²) in [4.78, 5) is 0. The van der Waals surface area contributed by atoms with Crippen LogP contribution in [0.25, 0.3) is 0 Å². The van der Waals surface area contributed by atoms with Crippen LogP contribution < -0.4 is 5.32 Å². The quantitative estimate of drug-likeness (QED) is 0.768. The lowest BCUT2D eigenvalue weighted by Gasteiger charge is -2.34. The van der Waals surface area contributed by atoms with Gasteiger partial charge in [-0.1, -0.05) is 39.5 Å². The molecule has 1 fully saturated rings. The predicted molar refractivity (Wildman–Crippen MR) is 65.6 cm³/mol. The highest BCUT2D eigenvalue weighted by Crippen LogP contribution is 2.32. The van der Waals surface area contributed by atoms with Crippen molar-refractivity contribution >= 4 is 0 Å². The summed E-state index contributed by atoms with van der Waals surface area (Å²) in [5.74, 6) is 0. The summed E-state index contributed by atoms with van der Waals surface area (Å²) in [6.45, 7) is 3.37. The molecule has 0 atom stereocenters. The van der Waals surface area contributed by atoms with E-state index in [2.05, 4.69) is 5.32 Å². The molecule has 18 heavy (non-hydrogen) atoms. The van der Waals surface area contributed by atoms with E-state index in [0.29, 0.717) is 6.54 Å². The maximum absolute atomic E-state index is 12.3. The molecule has 0 aliphatic heterocycles. The van der Waals surface area contributed by atoms with Crippen molar-refractivity contribution in [3.63, 3.8) is 0 Å². The Hall–Kier alpha value is -0.290. The van der Waals surface area contributed by atoms with Crippen LogP contribution in [0.5, 0.6) is 0 Å². The van der Waals surface area contributed by atoms with Gasteiger partial charge in [-0.15, -0.1) is 0 Å². The van der Waals surface area contributed by atoms with E-state index in [-0.39, 0.29) is 6.04 Å². The van der Waals surface area contributed by atoms with Crippen LogP contribution in [0.4, 0.5) is 13.2 Å². The molecule has 0 heterocycles. The molecule has 0 unspecified atom stereocenters. The van der Waals surface area contributed by atoms with E-state index < -0.39 is 18.4 Å². The summed E-state index contributed by atoms with van der Waals surface area (Å²) < 4.78 is 42.3. The number of rotatable bonds is 5. The summed E-state index contributed by atoms with van der Waals surface area (Å²) in [5, 5.41) is 3.23. The van der Waals surface area contributed by atoms with Gasteiger partial charge in [0.15, 0.2) is 0 Å². The number of hydrogen-bond acceptors (Lipinski definition) is 2. The van der Waals surface area contributed by atoms with Crippen molar-refractivity contribution in [3.8, 4) is 0 Å². The SMILES string of the molecule is CC(C)NCC1(OCC(F)(F)F)CCCCCC1. The minimum atomic E-state index is -4.24. The van der Waals surface area contributed by atoms with Gasteiger partial charge < -0.3 is 10.1 Å². The van der Waals surface area contributed by atoms with Gasteiger partial charge >= 0.3 is 6.18 Å². The van der Waals surface area contributed by atoms with E-state index in [9.17, 15) is 13.2 Å². The van der Waals surface area contributed by atoms with E-state index in [4.69, 9.17) is 4.74 Å². The molecule has 0 radical (unpaired) electrons. The molecular weight excluding hydrogens is 243 g/mol. The van der Waals surface area contributed by atoms with Crippen molar-refractivity contribution in [1.29, 1.82) is 0 Å². The summed E-state index contributed by atoms with van der Waals surface area (Å²) in [5.41, 5.74) is -0.629. The fraction of sp³-hybridized carbons (Fsp3) is 1.00. The van der Waals surface area contributed by atoms with Crippen LogP contribution in [0.1, 0.15) is 52.4 Å². The van der Waals surface area contributed by atoms with Gasteiger partial charge in [-0.3, -0.25) is 0 Å². The molecule has 5 heteroatoms. The van der Waals surface area contributed by atoms with Crippen LogP contribution in [-0.4, -0.2) is 31.0 Å². The zero-order valence-corrected chi connectivity index (χ0v) is 11.3. The molecule has 1 aliphatic rings. The summed E-state index contributed by atoms with van der Waals surface area (Å²) >= 11 is 0. The lowest BCUT2D eigenvalue weighted by atomic mass is 9.93. The molecule has 0 amide bonds. The van der Waals surface area contributed by atoms with Gasteiger partial charge in [0.1, 0.15) is 6.61 Å². The Morgan fingerprint density at radius 1 is 1.11 bits per heavy atom. The third-order valence-electron chi connectivity index (χ3n) is 3.39. The smallest absolute Gasteiger partial charge is 0.364 e. The summed E-state index contributed by atoms with van der Waals surface area (Å²) in [6.07, 6.45) is 1.32. The Bertz CT molecular complexity index is 233. The van der Waals surface area contributed by atoms with Gasteiger partial charge in [-0.05, 0) is 12.8 Å². The van der Waals surface area contributed by atoms with Crippen molar-refractivity contribution < 1.29 is 17.9 Å². The zero-order valence-electron chi connectivity index (χ0n) is 11.3. The van der Waals surface area contributed by atoms with Gasteiger partial charge in [0.05, 0.1) is 5.60 Å². The lowest BCUT2D eigenvalue weighted by molar-refractivity contribution is -0.207. The maximum atomic E-state index is 12.3. The standard InChI is InChI=1S/C13H24F3NO/c1-11(2)17-9-12(18-10-13(14,15)16)7-5-3-4-6-8-12/h11,17H,3-10H2,1-2H3. The van der Waals surface area contributed by atoms with E-state index in [1.54, 1.807) is 0 Å².